The SMILES string of the molecule is COc1cc(Br)cc(Br)c1CN=O. The third-order valence-electron chi connectivity index (χ3n) is 1.56. The summed E-state index contributed by atoms with van der Waals surface area (Å²) >= 11 is 6.65. The molecule has 0 saturated carbocycles. The summed E-state index contributed by atoms with van der Waals surface area (Å²) in [5, 5.41) is 2.83. The lowest BCUT2D eigenvalue weighted by Gasteiger charge is -2.07. The van der Waals surface area contributed by atoms with Gasteiger partial charge < -0.3 is 4.74 Å². The van der Waals surface area contributed by atoms with Crippen molar-refractivity contribution in [2.24, 2.45) is 5.18 Å². The lowest BCUT2D eigenvalue weighted by molar-refractivity contribution is 0.409. The Labute approximate surface area is 92.7 Å². The summed E-state index contributed by atoms with van der Waals surface area (Å²) in [4.78, 5) is 10.1. The first-order chi connectivity index (χ1) is 6.19. The van der Waals surface area contributed by atoms with E-state index >= 15 is 0 Å². The van der Waals surface area contributed by atoms with E-state index in [4.69, 9.17) is 4.74 Å². The molecule has 1 aromatic rings. The van der Waals surface area contributed by atoms with Gasteiger partial charge in [0.05, 0.1) is 7.11 Å². The molecule has 0 saturated heterocycles. The van der Waals surface area contributed by atoms with Crippen LogP contribution in [0.5, 0.6) is 5.75 Å². The summed E-state index contributed by atoms with van der Waals surface area (Å²) < 4.78 is 6.81. The van der Waals surface area contributed by atoms with E-state index in [1.165, 1.54) is 0 Å². The highest BCUT2D eigenvalue weighted by Gasteiger charge is 2.08. The van der Waals surface area contributed by atoms with Crippen LogP contribution in [-0.4, -0.2) is 7.11 Å². The van der Waals surface area contributed by atoms with Crippen molar-refractivity contribution in [1.82, 2.24) is 0 Å². The molecule has 0 aromatic heterocycles. The van der Waals surface area contributed by atoms with Gasteiger partial charge in [0.25, 0.3) is 0 Å². The van der Waals surface area contributed by atoms with Crippen molar-refractivity contribution in [3.63, 3.8) is 0 Å². The van der Waals surface area contributed by atoms with E-state index in [1.807, 2.05) is 6.07 Å². The molecule has 70 valence electrons. The molecule has 5 heteroatoms. The van der Waals surface area contributed by atoms with Crippen LogP contribution in [0.1, 0.15) is 5.56 Å². The quantitative estimate of drug-likeness (QED) is 0.802. The Kier molecular flexibility index (Phi) is 3.87. The summed E-state index contributed by atoms with van der Waals surface area (Å²) in [5.74, 6) is 0.654. The number of nitroso groups, excluding NO2 is 1. The summed E-state index contributed by atoms with van der Waals surface area (Å²) in [6.07, 6.45) is 0. The van der Waals surface area contributed by atoms with Crippen LogP contribution in [0.15, 0.2) is 26.3 Å². The Morgan fingerprint density at radius 2 is 2.15 bits per heavy atom. The van der Waals surface area contributed by atoms with Gasteiger partial charge in [-0.15, -0.1) is 0 Å². The maximum Gasteiger partial charge on any atom is 0.126 e. The Balaban J connectivity index is 3.20. The molecule has 0 N–H and O–H groups in total. The lowest BCUT2D eigenvalue weighted by Crippen LogP contribution is -1.92. The Bertz CT molecular complexity index is 328. The highest BCUT2D eigenvalue weighted by Crippen LogP contribution is 2.31. The molecule has 3 nitrogen and oxygen atoms in total. The zero-order valence-corrected chi connectivity index (χ0v) is 10.1. The fraction of sp³-hybridized carbons (Fsp3) is 0.250. The minimum absolute atomic E-state index is 0.108. The van der Waals surface area contributed by atoms with Crippen LogP contribution >= 0.6 is 31.9 Å². The van der Waals surface area contributed by atoms with E-state index in [1.54, 1.807) is 13.2 Å². The zero-order valence-electron chi connectivity index (χ0n) is 6.88. The van der Waals surface area contributed by atoms with Crippen LogP contribution in [0, 0.1) is 4.91 Å². The van der Waals surface area contributed by atoms with E-state index in [9.17, 15) is 4.91 Å². The number of halogens is 2. The molecule has 1 rings (SSSR count). The summed E-state index contributed by atoms with van der Waals surface area (Å²) in [7, 11) is 1.56. The first kappa shape index (κ1) is 10.7. The highest BCUT2D eigenvalue weighted by atomic mass is 79.9. The number of benzene rings is 1. The second-order valence-electron chi connectivity index (χ2n) is 2.36. The average molecular weight is 309 g/mol. The number of hydrogen-bond donors (Lipinski definition) is 0. The van der Waals surface area contributed by atoms with Crippen molar-refractivity contribution in [1.29, 1.82) is 0 Å². The molecule has 0 spiro atoms. The normalized spacial score (nSPS) is 9.77. The molecule has 0 radical (unpaired) electrons. The van der Waals surface area contributed by atoms with Crippen molar-refractivity contribution < 1.29 is 4.74 Å². The standard InChI is InChI=1S/C8H7Br2NO2/c1-13-8-3-5(9)2-7(10)6(8)4-11-12/h2-3H,4H2,1H3. The predicted molar refractivity (Wildman–Crippen MR) is 57.9 cm³/mol. The van der Waals surface area contributed by atoms with E-state index in [0.29, 0.717) is 5.75 Å². The van der Waals surface area contributed by atoms with Crippen molar-refractivity contribution in [3.8, 4) is 5.75 Å². The fourth-order valence-corrected chi connectivity index (χ4v) is 2.29. The molecule has 0 aliphatic heterocycles. The van der Waals surface area contributed by atoms with Gasteiger partial charge in [-0.1, -0.05) is 37.0 Å². The number of hydrogen-bond acceptors (Lipinski definition) is 3. The van der Waals surface area contributed by atoms with Gasteiger partial charge in [-0.3, -0.25) is 0 Å². The van der Waals surface area contributed by atoms with E-state index in [-0.39, 0.29) is 6.54 Å². The topological polar surface area (TPSA) is 38.7 Å². The molecular weight excluding hydrogens is 302 g/mol. The molecule has 0 fully saturated rings. The van der Waals surface area contributed by atoms with Crippen LogP contribution in [-0.2, 0) is 6.54 Å². The monoisotopic (exact) mass is 307 g/mol. The van der Waals surface area contributed by atoms with Crippen LogP contribution < -0.4 is 4.74 Å². The summed E-state index contributed by atoms with van der Waals surface area (Å²) in [6.45, 7) is 0.108. The third-order valence-corrected chi connectivity index (χ3v) is 2.73. The van der Waals surface area contributed by atoms with Crippen molar-refractivity contribution in [2.45, 2.75) is 6.54 Å². The summed E-state index contributed by atoms with van der Waals surface area (Å²) in [6, 6.07) is 3.65. The second kappa shape index (κ2) is 4.72. The maximum atomic E-state index is 10.1. The Morgan fingerprint density at radius 3 is 2.69 bits per heavy atom. The Morgan fingerprint density at radius 1 is 1.46 bits per heavy atom. The fourth-order valence-electron chi connectivity index (χ4n) is 0.980. The average Bonchev–Trinajstić information content (AvgIpc) is 2.09. The minimum atomic E-state index is 0.108. The molecular formula is C8H7Br2NO2. The molecule has 0 amide bonds. The van der Waals surface area contributed by atoms with Crippen LogP contribution in [0.4, 0.5) is 0 Å². The zero-order chi connectivity index (χ0) is 9.84. The molecule has 0 bridgehead atoms. The second-order valence-corrected chi connectivity index (χ2v) is 4.13. The maximum absolute atomic E-state index is 10.1. The third kappa shape index (κ3) is 2.51. The molecule has 0 aliphatic carbocycles. The van der Waals surface area contributed by atoms with Crippen molar-refractivity contribution >= 4 is 31.9 Å². The first-order valence-electron chi connectivity index (χ1n) is 3.50. The minimum Gasteiger partial charge on any atom is -0.496 e. The van der Waals surface area contributed by atoms with Crippen LogP contribution in [0.25, 0.3) is 0 Å². The molecule has 0 aliphatic rings. The molecule has 0 atom stereocenters. The summed E-state index contributed by atoms with van der Waals surface area (Å²) in [5.41, 5.74) is 0.765. The van der Waals surface area contributed by atoms with Gasteiger partial charge in [0.1, 0.15) is 12.3 Å². The number of methoxy groups -OCH3 is 1. The molecule has 1 aromatic carbocycles. The number of ether oxygens (including phenoxy) is 1. The first-order valence-corrected chi connectivity index (χ1v) is 5.08. The van der Waals surface area contributed by atoms with Gasteiger partial charge in [0.2, 0.25) is 0 Å². The number of rotatable bonds is 3. The molecule has 13 heavy (non-hydrogen) atoms. The van der Waals surface area contributed by atoms with Crippen LogP contribution in [0.3, 0.4) is 0 Å². The lowest BCUT2D eigenvalue weighted by atomic mass is 10.2. The Hall–Kier alpha value is -0.420. The van der Waals surface area contributed by atoms with Crippen LogP contribution in [0.2, 0.25) is 0 Å². The predicted octanol–water partition coefficient (Wildman–Crippen LogP) is 3.49. The van der Waals surface area contributed by atoms with Crippen molar-refractivity contribution in [2.75, 3.05) is 7.11 Å². The van der Waals surface area contributed by atoms with Gasteiger partial charge in [-0.2, -0.15) is 4.91 Å². The van der Waals surface area contributed by atoms with E-state index in [2.05, 4.69) is 37.0 Å². The van der Waals surface area contributed by atoms with E-state index in [0.717, 1.165) is 14.5 Å². The van der Waals surface area contributed by atoms with Crippen molar-refractivity contribution in [3.05, 3.63) is 31.5 Å². The van der Waals surface area contributed by atoms with E-state index < -0.39 is 0 Å². The smallest absolute Gasteiger partial charge is 0.126 e. The van der Waals surface area contributed by atoms with Gasteiger partial charge in [-0.05, 0) is 12.1 Å². The molecule has 0 heterocycles. The molecule has 0 unspecified atom stereocenters. The van der Waals surface area contributed by atoms with Gasteiger partial charge >= 0.3 is 0 Å². The largest absolute Gasteiger partial charge is 0.496 e. The van der Waals surface area contributed by atoms with Gasteiger partial charge in [0, 0.05) is 14.5 Å². The van der Waals surface area contributed by atoms with Gasteiger partial charge in [-0.25, -0.2) is 0 Å². The highest BCUT2D eigenvalue weighted by molar-refractivity contribution is 9.11. The number of nitrogens with zero attached hydrogens (tertiary/aromatic N) is 1. The van der Waals surface area contributed by atoms with Gasteiger partial charge in [0.15, 0.2) is 0 Å².